The van der Waals surface area contributed by atoms with Gasteiger partial charge in [-0.2, -0.15) is 0 Å². The Morgan fingerprint density at radius 3 is 2.65 bits per heavy atom. The van der Waals surface area contributed by atoms with Crippen LogP contribution in [0.4, 0.5) is 0 Å². The summed E-state index contributed by atoms with van der Waals surface area (Å²) in [6.45, 7) is 10.5. The van der Waals surface area contributed by atoms with Crippen molar-refractivity contribution in [3.8, 4) is 0 Å². The fourth-order valence-electron chi connectivity index (χ4n) is 2.15. The van der Waals surface area contributed by atoms with Crippen LogP contribution in [0, 0.1) is 5.41 Å². The van der Waals surface area contributed by atoms with Crippen molar-refractivity contribution in [3.63, 3.8) is 0 Å². The van der Waals surface area contributed by atoms with E-state index in [4.69, 9.17) is 5.73 Å². The van der Waals surface area contributed by atoms with E-state index in [-0.39, 0.29) is 23.4 Å². The lowest BCUT2D eigenvalue weighted by Crippen LogP contribution is -2.35. The van der Waals surface area contributed by atoms with Crippen molar-refractivity contribution in [2.75, 3.05) is 0 Å². The molecule has 0 radical (unpaired) electrons. The molecule has 3 N–H and O–H groups in total. The Labute approximate surface area is 126 Å². The second-order valence-electron chi connectivity index (χ2n) is 6.54. The molecule has 0 saturated carbocycles. The Kier molecular flexibility index (Phi) is 6.14. The number of nitrogens with one attached hydrogen (secondary N) is 1. The number of aromatic nitrogens is 1. The van der Waals surface area contributed by atoms with Gasteiger partial charge in [0.2, 0.25) is 5.91 Å². The predicted molar refractivity (Wildman–Crippen MR) is 84.7 cm³/mol. The molecule has 0 aromatic carbocycles. The van der Waals surface area contributed by atoms with E-state index in [9.17, 15) is 4.79 Å². The van der Waals surface area contributed by atoms with E-state index in [1.165, 1.54) is 4.88 Å². The molecule has 0 saturated heterocycles. The van der Waals surface area contributed by atoms with E-state index in [2.05, 4.69) is 38.0 Å². The fraction of sp³-hybridized carbons (Fsp3) is 0.733. The number of amides is 1. The lowest BCUT2D eigenvalue weighted by molar-refractivity contribution is -0.122. The summed E-state index contributed by atoms with van der Waals surface area (Å²) < 4.78 is 0. The number of hydrogen-bond donors (Lipinski definition) is 2. The van der Waals surface area contributed by atoms with Crippen molar-refractivity contribution >= 4 is 17.2 Å². The third-order valence-corrected chi connectivity index (χ3v) is 4.31. The fourth-order valence-corrected chi connectivity index (χ4v) is 3.00. The lowest BCUT2D eigenvalue weighted by atomic mass is 9.87. The molecule has 114 valence electrons. The number of carbonyl (C=O) groups excluding carboxylic acids is 1. The highest BCUT2D eigenvalue weighted by atomic mass is 32.1. The van der Waals surface area contributed by atoms with Crippen molar-refractivity contribution in [2.24, 2.45) is 11.1 Å². The van der Waals surface area contributed by atoms with Crippen molar-refractivity contribution < 1.29 is 4.79 Å². The third kappa shape index (κ3) is 6.01. The van der Waals surface area contributed by atoms with Gasteiger partial charge < -0.3 is 11.1 Å². The summed E-state index contributed by atoms with van der Waals surface area (Å²) >= 11 is 1.65. The molecule has 5 heteroatoms. The SMILES string of the molecule is CCc1cnc(C(C)NC(=O)CC(N)CC(C)(C)C)s1. The molecule has 1 rings (SSSR count). The van der Waals surface area contributed by atoms with Gasteiger partial charge in [0.25, 0.3) is 0 Å². The lowest BCUT2D eigenvalue weighted by Gasteiger charge is -2.23. The van der Waals surface area contributed by atoms with E-state index < -0.39 is 0 Å². The number of rotatable bonds is 6. The first kappa shape index (κ1) is 17.1. The molecule has 0 aliphatic rings. The molecular formula is C15H27N3OS. The van der Waals surface area contributed by atoms with Gasteiger partial charge in [0.05, 0.1) is 6.04 Å². The van der Waals surface area contributed by atoms with Gasteiger partial charge in [-0.3, -0.25) is 4.79 Å². The van der Waals surface area contributed by atoms with E-state index in [1.54, 1.807) is 11.3 Å². The minimum Gasteiger partial charge on any atom is -0.347 e. The summed E-state index contributed by atoms with van der Waals surface area (Å²) in [6.07, 6.45) is 4.07. The van der Waals surface area contributed by atoms with Crippen LogP contribution in [0.2, 0.25) is 0 Å². The van der Waals surface area contributed by atoms with Crippen LogP contribution in [0.25, 0.3) is 0 Å². The molecule has 1 aromatic heterocycles. The molecule has 20 heavy (non-hydrogen) atoms. The highest BCUT2D eigenvalue weighted by molar-refractivity contribution is 7.11. The summed E-state index contributed by atoms with van der Waals surface area (Å²) in [7, 11) is 0. The molecule has 1 aromatic rings. The summed E-state index contributed by atoms with van der Waals surface area (Å²) in [5, 5.41) is 3.94. The van der Waals surface area contributed by atoms with E-state index in [0.717, 1.165) is 17.8 Å². The van der Waals surface area contributed by atoms with Crippen LogP contribution < -0.4 is 11.1 Å². The maximum absolute atomic E-state index is 12.0. The van der Waals surface area contributed by atoms with Gasteiger partial charge in [0, 0.05) is 23.5 Å². The molecule has 1 amide bonds. The molecule has 2 atom stereocenters. The molecule has 0 aliphatic carbocycles. The first-order valence-corrected chi connectivity index (χ1v) is 8.02. The first-order chi connectivity index (χ1) is 9.21. The monoisotopic (exact) mass is 297 g/mol. The third-order valence-electron chi connectivity index (χ3n) is 2.99. The average molecular weight is 297 g/mol. The average Bonchev–Trinajstić information content (AvgIpc) is 2.73. The zero-order valence-electron chi connectivity index (χ0n) is 13.2. The second-order valence-corrected chi connectivity index (χ2v) is 7.68. The van der Waals surface area contributed by atoms with Crippen LogP contribution in [0.3, 0.4) is 0 Å². The van der Waals surface area contributed by atoms with Gasteiger partial charge in [0.15, 0.2) is 0 Å². The van der Waals surface area contributed by atoms with Crippen LogP contribution in [0.15, 0.2) is 6.20 Å². The number of aryl methyl sites for hydroxylation is 1. The minimum absolute atomic E-state index is 0.00231. The predicted octanol–water partition coefficient (Wildman–Crippen LogP) is 3.04. The van der Waals surface area contributed by atoms with Gasteiger partial charge in [-0.1, -0.05) is 27.7 Å². The van der Waals surface area contributed by atoms with E-state index in [1.807, 2.05) is 13.1 Å². The molecule has 0 fully saturated rings. The van der Waals surface area contributed by atoms with Crippen LogP contribution in [0.1, 0.15) is 63.4 Å². The number of hydrogen-bond acceptors (Lipinski definition) is 4. The number of nitrogens with zero attached hydrogens (tertiary/aromatic N) is 1. The van der Waals surface area contributed by atoms with Gasteiger partial charge >= 0.3 is 0 Å². The summed E-state index contributed by atoms with van der Waals surface area (Å²) in [4.78, 5) is 17.6. The molecule has 1 heterocycles. The Morgan fingerprint density at radius 1 is 1.50 bits per heavy atom. The van der Waals surface area contributed by atoms with Crippen molar-refractivity contribution in [1.82, 2.24) is 10.3 Å². The smallest absolute Gasteiger partial charge is 0.222 e. The maximum atomic E-state index is 12.0. The number of carbonyl (C=O) groups is 1. The Bertz CT molecular complexity index is 437. The molecule has 0 aliphatic heterocycles. The molecule has 0 spiro atoms. The molecule has 4 nitrogen and oxygen atoms in total. The van der Waals surface area contributed by atoms with Gasteiger partial charge in [-0.25, -0.2) is 4.98 Å². The van der Waals surface area contributed by atoms with Gasteiger partial charge in [0.1, 0.15) is 5.01 Å². The first-order valence-electron chi connectivity index (χ1n) is 7.21. The van der Waals surface area contributed by atoms with Gasteiger partial charge in [-0.05, 0) is 25.2 Å². The summed E-state index contributed by atoms with van der Waals surface area (Å²) in [6, 6.07) is -0.140. The Balaban J connectivity index is 2.45. The highest BCUT2D eigenvalue weighted by Gasteiger charge is 2.19. The molecule has 2 unspecified atom stereocenters. The zero-order chi connectivity index (χ0) is 15.3. The highest BCUT2D eigenvalue weighted by Crippen LogP contribution is 2.22. The molecule has 0 bridgehead atoms. The van der Waals surface area contributed by atoms with E-state index in [0.29, 0.717) is 6.42 Å². The van der Waals surface area contributed by atoms with Crippen molar-refractivity contribution in [2.45, 2.75) is 66.0 Å². The quantitative estimate of drug-likeness (QED) is 0.848. The van der Waals surface area contributed by atoms with Gasteiger partial charge in [-0.15, -0.1) is 11.3 Å². The topological polar surface area (TPSA) is 68.0 Å². The van der Waals surface area contributed by atoms with Crippen LogP contribution in [0.5, 0.6) is 0 Å². The Hall–Kier alpha value is -0.940. The Morgan fingerprint density at radius 2 is 2.15 bits per heavy atom. The number of nitrogens with two attached hydrogens (primary N) is 1. The van der Waals surface area contributed by atoms with E-state index >= 15 is 0 Å². The summed E-state index contributed by atoms with van der Waals surface area (Å²) in [5.41, 5.74) is 6.18. The summed E-state index contributed by atoms with van der Waals surface area (Å²) in [5.74, 6) is 0.00231. The number of thiazole rings is 1. The van der Waals surface area contributed by atoms with Crippen LogP contribution in [-0.2, 0) is 11.2 Å². The van der Waals surface area contributed by atoms with Crippen LogP contribution in [-0.4, -0.2) is 16.9 Å². The zero-order valence-corrected chi connectivity index (χ0v) is 14.0. The largest absolute Gasteiger partial charge is 0.347 e. The second kappa shape index (κ2) is 7.18. The maximum Gasteiger partial charge on any atom is 0.222 e. The van der Waals surface area contributed by atoms with Crippen LogP contribution >= 0.6 is 11.3 Å². The minimum atomic E-state index is -0.0929. The standard InChI is InChI=1S/C15H27N3OS/c1-6-12-9-17-14(20-12)10(2)18-13(19)7-11(16)8-15(3,4)5/h9-11H,6-8,16H2,1-5H3,(H,18,19). The normalized spacial score (nSPS) is 14.9. The van der Waals surface area contributed by atoms with Crippen molar-refractivity contribution in [3.05, 3.63) is 16.1 Å². The van der Waals surface area contributed by atoms with Crippen molar-refractivity contribution in [1.29, 1.82) is 0 Å². The molecular weight excluding hydrogens is 270 g/mol.